The predicted molar refractivity (Wildman–Crippen MR) is 74.6 cm³/mol. The highest BCUT2D eigenvalue weighted by atomic mass is 14.9. The number of fused-ring (bicyclic) bond motifs is 1. The maximum absolute atomic E-state index is 4.72. The molecule has 2 heteroatoms. The molecule has 0 fully saturated rings. The van der Waals surface area contributed by atoms with Gasteiger partial charge in [-0.3, -0.25) is 4.98 Å². The van der Waals surface area contributed by atoms with Crippen molar-refractivity contribution in [1.29, 1.82) is 0 Å². The van der Waals surface area contributed by atoms with Crippen molar-refractivity contribution in [2.24, 2.45) is 0 Å². The smallest absolute Gasteiger partial charge is 0.0755 e. The van der Waals surface area contributed by atoms with Gasteiger partial charge in [-0.2, -0.15) is 0 Å². The monoisotopic (exact) mass is 228 g/mol. The van der Waals surface area contributed by atoms with E-state index >= 15 is 0 Å². The summed E-state index contributed by atoms with van der Waals surface area (Å²) in [5.74, 6) is 0. The zero-order chi connectivity index (χ0) is 12.3. The van der Waals surface area contributed by atoms with Crippen LogP contribution in [0.5, 0.6) is 0 Å². The minimum absolute atomic E-state index is 0.977. The molecule has 0 spiro atoms. The van der Waals surface area contributed by atoms with Crippen LogP contribution < -0.4 is 5.32 Å². The van der Waals surface area contributed by atoms with Crippen LogP contribution in [0.2, 0.25) is 0 Å². The second kappa shape index (κ2) is 5.17. The van der Waals surface area contributed by atoms with Gasteiger partial charge < -0.3 is 5.32 Å². The second-order valence-corrected chi connectivity index (χ2v) is 4.41. The number of rotatable bonds is 4. The molecule has 1 heterocycles. The van der Waals surface area contributed by atoms with Gasteiger partial charge in [0, 0.05) is 23.3 Å². The maximum atomic E-state index is 4.72. The summed E-state index contributed by atoms with van der Waals surface area (Å²) >= 11 is 0. The Hall–Kier alpha value is -1.57. The molecule has 17 heavy (non-hydrogen) atoms. The molecule has 2 rings (SSSR count). The van der Waals surface area contributed by atoms with E-state index in [0.717, 1.165) is 30.6 Å². The zero-order valence-corrected chi connectivity index (χ0v) is 10.9. The van der Waals surface area contributed by atoms with E-state index in [1.165, 1.54) is 16.6 Å². The summed E-state index contributed by atoms with van der Waals surface area (Å²) in [4.78, 5) is 4.72. The Balaban J connectivity index is 2.58. The van der Waals surface area contributed by atoms with Gasteiger partial charge >= 0.3 is 0 Å². The molecule has 2 aromatic rings. The van der Waals surface area contributed by atoms with Crippen LogP contribution in [0.4, 0.5) is 5.69 Å². The molecule has 0 radical (unpaired) electrons. The average Bonchev–Trinajstić information content (AvgIpc) is 2.36. The molecule has 1 N–H and O–H groups in total. The molecular formula is C15H20N2. The SMILES string of the molecule is CCCNc1cc(CC)nc2c(C)cccc12. The highest BCUT2D eigenvalue weighted by Crippen LogP contribution is 2.25. The summed E-state index contributed by atoms with van der Waals surface area (Å²) in [6.07, 6.45) is 2.11. The van der Waals surface area contributed by atoms with E-state index in [1.54, 1.807) is 0 Å². The molecule has 0 saturated carbocycles. The Morgan fingerprint density at radius 2 is 2.06 bits per heavy atom. The van der Waals surface area contributed by atoms with E-state index in [1.807, 2.05) is 0 Å². The van der Waals surface area contributed by atoms with Crippen LogP contribution in [0.25, 0.3) is 10.9 Å². The van der Waals surface area contributed by atoms with Gasteiger partial charge in [0.2, 0.25) is 0 Å². The van der Waals surface area contributed by atoms with Gasteiger partial charge in [0.15, 0.2) is 0 Å². The molecule has 0 atom stereocenters. The molecule has 0 aliphatic rings. The molecule has 2 nitrogen and oxygen atoms in total. The first-order valence-electron chi connectivity index (χ1n) is 6.39. The first kappa shape index (κ1) is 11.9. The van der Waals surface area contributed by atoms with Gasteiger partial charge in [0.05, 0.1) is 5.52 Å². The normalized spacial score (nSPS) is 10.8. The van der Waals surface area contributed by atoms with Gasteiger partial charge in [0.1, 0.15) is 0 Å². The molecule has 0 bridgehead atoms. The summed E-state index contributed by atoms with van der Waals surface area (Å²) in [7, 11) is 0. The number of para-hydroxylation sites is 1. The number of nitrogens with zero attached hydrogens (tertiary/aromatic N) is 1. The summed E-state index contributed by atoms with van der Waals surface area (Å²) in [5, 5.41) is 4.73. The van der Waals surface area contributed by atoms with Crippen LogP contribution in [0, 0.1) is 6.92 Å². The van der Waals surface area contributed by atoms with E-state index in [0.29, 0.717) is 0 Å². The molecule has 0 saturated heterocycles. The lowest BCUT2D eigenvalue weighted by Crippen LogP contribution is -2.02. The molecule has 1 aromatic carbocycles. The maximum Gasteiger partial charge on any atom is 0.0755 e. The third-order valence-electron chi connectivity index (χ3n) is 3.02. The van der Waals surface area contributed by atoms with Crippen molar-refractivity contribution >= 4 is 16.6 Å². The predicted octanol–water partition coefficient (Wildman–Crippen LogP) is 3.93. The first-order chi connectivity index (χ1) is 8.26. The molecule has 0 aliphatic heterocycles. The lowest BCUT2D eigenvalue weighted by Gasteiger charge is -2.12. The Kier molecular flexibility index (Phi) is 3.62. The van der Waals surface area contributed by atoms with Crippen molar-refractivity contribution in [3.8, 4) is 0 Å². The summed E-state index contributed by atoms with van der Waals surface area (Å²) in [6, 6.07) is 8.55. The number of aryl methyl sites for hydroxylation is 2. The van der Waals surface area contributed by atoms with Crippen molar-refractivity contribution in [3.05, 3.63) is 35.5 Å². The fraction of sp³-hybridized carbons (Fsp3) is 0.400. The molecule has 0 unspecified atom stereocenters. The lowest BCUT2D eigenvalue weighted by atomic mass is 10.1. The van der Waals surface area contributed by atoms with Crippen molar-refractivity contribution in [1.82, 2.24) is 4.98 Å². The minimum atomic E-state index is 0.977. The van der Waals surface area contributed by atoms with Crippen molar-refractivity contribution in [2.45, 2.75) is 33.6 Å². The molecule has 0 aliphatic carbocycles. The zero-order valence-electron chi connectivity index (χ0n) is 10.9. The highest BCUT2D eigenvalue weighted by molar-refractivity contribution is 5.93. The topological polar surface area (TPSA) is 24.9 Å². The Morgan fingerprint density at radius 3 is 2.76 bits per heavy atom. The Morgan fingerprint density at radius 1 is 1.24 bits per heavy atom. The molecule has 0 amide bonds. The van der Waals surface area contributed by atoms with Crippen molar-refractivity contribution < 1.29 is 0 Å². The van der Waals surface area contributed by atoms with E-state index in [2.05, 4.69) is 50.4 Å². The van der Waals surface area contributed by atoms with Crippen LogP contribution in [0.3, 0.4) is 0 Å². The van der Waals surface area contributed by atoms with E-state index in [9.17, 15) is 0 Å². The molecule has 90 valence electrons. The number of hydrogen-bond donors (Lipinski definition) is 1. The van der Waals surface area contributed by atoms with Crippen LogP contribution in [0.15, 0.2) is 24.3 Å². The van der Waals surface area contributed by atoms with Crippen LogP contribution in [-0.2, 0) is 6.42 Å². The Bertz CT molecular complexity index is 518. The van der Waals surface area contributed by atoms with Gasteiger partial charge in [0.25, 0.3) is 0 Å². The van der Waals surface area contributed by atoms with Gasteiger partial charge in [-0.15, -0.1) is 0 Å². The third-order valence-corrected chi connectivity index (χ3v) is 3.02. The number of hydrogen-bond acceptors (Lipinski definition) is 2. The van der Waals surface area contributed by atoms with E-state index < -0.39 is 0 Å². The molecule has 1 aromatic heterocycles. The quantitative estimate of drug-likeness (QED) is 0.857. The van der Waals surface area contributed by atoms with Crippen molar-refractivity contribution in [3.63, 3.8) is 0 Å². The fourth-order valence-corrected chi connectivity index (χ4v) is 2.03. The largest absolute Gasteiger partial charge is 0.384 e. The van der Waals surface area contributed by atoms with E-state index in [-0.39, 0.29) is 0 Å². The minimum Gasteiger partial charge on any atom is -0.384 e. The van der Waals surface area contributed by atoms with Crippen LogP contribution in [-0.4, -0.2) is 11.5 Å². The Labute approximate surface area is 103 Å². The third kappa shape index (κ3) is 2.41. The number of aromatic nitrogens is 1. The molecular weight excluding hydrogens is 208 g/mol. The summed E-state index contributed by atoms with van der Waals surface area (Å²) in [5.41, 5.74) is 4.76. The standard InChI is InChI=1S/C15H20N2/c1-4-9-16-14-10-12(5-2)17-15-11(3)7-6-8-13(14)15/h6-8,10H,4-5,9H2,1-3H3,(H,16,17). The fourth-order valence-electron chi connectivity index (χ4n) is 2.03. The van der Waals surface area contributed by atoms with Crippen LogP contribution >= 0.6 is 0 Å². The number of anilines is 1. The lowest BCUT2D eigenvalue weighted by molar-refractivity contribution is 0.977. The van der Waals surface area contributed by atoms with Crippen molar-refractivity contribution in [2.75, 3.05) is 11.9 Å². The number of pyridine rings is 1. The highest BCUT2D eigenvalue weighted by Gasteiger charge is 2.06. The average molecular weight is 228 g/mol. The van der Waals surface area contributed by atoms with Gasteiger partial charge in [-0.1, -0.05) is 32.0 Å². The number of nitrogens with one attached hydrogen (secondary N) is 1. The number of benzene rings is 1. The van der Waals surface area contributed by atoms with Crippen LogP contribution in [0.1, 0.15) is 31.5 Å². The second-order valence-electron chi connectivity index (χ2n) is 4.41. The first-order valence-corrected chi connectivity index (χ1v) is 6.39. The van der Waals surface area contributed by atoms with E-state index in [4.69, 9.17) is 4.98 Å². The summed E-state index contributed by atoms with van der Waals surface area (Å²) in [6.45, 7) is 7.47. The summed E-state index contributed by atoms with van der Waals surface area (Å²) < 4.78 is 0. The van der Waals surface area contributed by atoms with Gasteiger partial charge in [-0.05, 0) is 31.4 Å². The van der Waals surface area contributed by atoms with Gasteiger partial charge in [-0.25, -0.2) is 0 Å².